The number of rotatable bonds is 1. The summed E-state index contributed by atoms with van der Waals surface area (Å²) in [7, 11) is 0. The Kier molecular flexibility index (Phi) is 1.74. The molecule has 0 fully saturated rings. The van der Waals surface area contributed by atoms with E-state index >= 15 is 0 Å². The van der Waals surface area contributed by atoms with Crippen LogP contribution in [-0.2, 0) is 4.79 Å². The molecule has 0 saturated heterocycles. The van der Waals surface area contributed by atoms with Crippen molar-refractivity contribution in [1.82, 2.24) is 4.90 Å². The smallest absolute Gasteiger partial charge is 0.269 e. The number of aliphatic imine (C=N–C) groups is 1. The number of amides is 1. The summed E-state index contributed by atoms with van der Waals surface area (Å²) < 4.78 is 0. The van der Waals surface area contributed by atoms with Gasteiger partial charge in [-0.05, 0) is 27.7 Å². The van der Waals surface area contributed by atoms with Crippen LogP contribution in [0.4, 0.5) is 0 Å². The van der Waals surface area contributed by atoms with Crippen molar-refractivity contribution in [2.24, 2.45) is 4.99 Å². The van der Waals surface area contributed by atoms with E-state index in [0.29, 0.717) is 5.71 Å². The van der Waals surface area contributed by atoms with Crippen molar-refractivity contribution in [2.75, 3.05) is 6.54 Å². The Hall–Kier alpha value is -0.860. The maximum atomic E-state index is 11.3. The van der Waals surface area contributed by atoms with Crippen LogP contribution >= 0.6 is 0 Å². The first kappa shape index (κ1) is 8.24. The monoisotopic (exact) mass is 154 g/mol. The summed E-state index contributed by atoms with van der Waals surface area (Å²) in [6.07, 6.45) is 0. The van der Waals surface area contributed by atoms with Crippen molar-refractivity contribution in [1.29, 1.82) is 0 Å². The highest BCUT2D eigenvalue weighted by Gasteiger charge is 2.36. The third-order valence-electron chi connectivity index (χ3n) is 1.97. The van der Waals surface area contributed by atoms with Gasteiger partial charge >= 0.3 is 0 Å². The molecule has 1 aliphatic rings. The molecule has 11 heavy (non-hydrogen) atoms. The van der Waals surface area contributed by atoms with Gasteiger partial charge in [-0.25, -0.2) is 0 Å². The predicted molar refractivity (Wildman–Crippen MR) is 44.6 cm³/mol. The van der Waals surface area contributed by atoms with Crippen molar-refractivity contribution < 1.29 is 4.79 Å². The van der Waals surface area contributed by atoms with Gasteiger partial charge in [-0.15, -0.1) is 0 Å². The first-order valence-electron chi connectivity index (χ1n) is 3.87. The molecule has 1 aliphatic heterocycles. The van der Waals surface area contributed by atoms with E-state index in [2.05, 4.69) is 4.99 Å². The van der Waals surface area contributed by atoms with Crippen molar-refractivity contribution in [3.63, 3.8) is 0 Å². The van der Waals surface area contributed by atoms with Gasteiger partial charge < -0.3 is 4.90 Å². The maximum absolute atomic E-state index is 11.3. The molecule has 0 radical (unpaired) electrons. The lowest BCUT2D eigenvalue weighted by molar-refractivity contribution is -0.126. The van der Waals surface area contributed by atoms with Gasteiger partial charge in [0.15, 0.2) is 0 Å². The molecular weight excluding hydrogens is 140 g/mol. The minimum atomic E-state index is -0.323. The van der Waals surface area contributed by atoms with Crippen LogP contribution in [-0.4, -0.2) is 28.7 Å². The molecule has 0 bridgehead atoms. The molecule has 3 heteroatoms. The van der Waals surface area contributed by atoms with Gasteiger partial charge in [0.05, 0.1) is 5.71 Å². The second-order valence-corrected chi connectivity index (χ2v) is 3.24. The van der Waals surface area contributed by atoms with Gasteiger partial charge in [-0.1, -0.05) is 0 Å². The highest BCUT2D eigenvalue weighted by atomic mass is 16.2. The van der Waals surface area contributed by atoms with Crippen LogP contribution in [0.25, 0.3) is 0 Å². The van der Waals surface area contributed by atoms with E-state index in [1.165, 1.54) is 0 Å². The van der Waals surface area contributed by atoms with Gasteiger partial charge in [0.2, 0.25) is 0 Å². The highest BCUT2D eigenvalue weighted by Crippen LogP contribution is 2.22. The van der Waals surface area contributed by atoms with Crippen LogP contribution in [0.2, 0.25) is 0 Å². The van der Waals surface area contributed by atoms with Crippen LogP contribution in [0.3, 0.4) is 0 Å². The summed E-state index contributed by atoms with van der Waals surface area (Å²) in [5.41, 5.74) is 0.299. The number of carbonyl (C=O) groups excluding carboxylic acids is 1. The molecule has 0 atom stereocenters. The van der Waals surface area contributed by atoms with E-state index < -0.39 is 0 Å². The standard InChI is InChI=1S/C8H14N2O/c1-5-10-7(11)6(2)9-8(10,3)4/h5H2,1-4H3. The van der Waals surface area contributed by atoms with Crippen LogP contribution in [0, 0.1) is 0 Å². The third-order valence-corrected chi connectivity index (χ3v) is 1.97. The van der Waals surface area contributed by atoms with E-state index in [-0.39, 0.29) is 11.6 Å². The Labute approximate surface area is 67.1 Å². The molecule has 0 N–H and O–H groups in total. The SMILES string of the molecule is CCN1C(=O)C(C)=NC1(C)C. The fourth-order valence-corrected chi connectivity index (χ4v) is 1.49. The molecule has 0 aromatic heterocycles. The topological polar surface area (TPSA) is 32.7 Å². The number of carbonyl (C=O) groups is 1. The predicted octanol–water partition coefficient (Wildman–Crippen LogP) is 1.05. The lowest BCUT2D eigenvalue weighted by Gasteiger charge is -2.27. The quantitative estimate of drug-likeness (QED) is 0.555. The molecule has 0 aromatic carbocycles. The number of hydrogen-bond acceptors (Lipinski definition) is 2. The third kappa shape index (κ3) is 1.15. The Balaban J connectivity index is 2.94. The van der Waals surface area contributed by atoms with Crippen LogP contribution < -0.4 is 0 Å². The molecule has 1 rings (SSSR count). The summed E-state index contributed by atoms with van der Waals surface area (Å²) in [4.78, 5) is 17.4. The molecule has 1 amide bonds. The molecular formula is C8H14N2O. The zero-order valence-electron chi connectivity index (χ0n) is 7.51. The first-order valence-corrected chi connectivity index (χ1v) is 3.87. The summed E-state index contributed by atoms with van der Waals surface area (Å²) in [6, 6.07) is 0. The maximum Gasteiger partial charge on any atom is 0.269 e. The first-order chi connectivity index (χ1) is 4.99. The van der Waals surface area contributed by atoms with Gasteiger partial charge in [0.1, 0.15) is 5.66 Å². The molecule has 0 unspecified atom stereocenters. The average molecular weight is 154 g/mol. The molecule has 0 saturated carbocycles. The van der Waals surface area contributed by atoms with Crippen molar-refractivity contribution in [3.8, 4) is 0 Å². The van der Waals surface area contributed by atoms with Crippen molar-refractivity contribution in [3.05, 3.63) is 0 Å². The fraction of sp³-hybridized carbons (Fsp3) is 0.750. The Morgan fingerprint density at radius 3 is 2.27 bits per heavy atom. The number of nitrogens with zero attached hydrogens (tertiary/aromatic N) is 2. The second kappa shape index (κ2) is 2.32. The zero-order valence-corrected chi connectivity index (χ0v) is 7.51. The van der Waals surface area contributed by atoms with E-state index in [4.69, 9.17) is 0 Å². The summed E-state index contributed by atoms with van der Waals surface area (Å²) >= 11 is 0. The average Bonchev–Trinajstić information content (AvgIpc) is 2.03. The molecule has 62 valence electrons. The van der Waals surface area contributed by atoms with E-state index in [0.717, 1.165) is 6.54 Å². The Bertz CT molecular complexity index is 218. The molecule has 0 aliphatic carbocycles. The van der Waals surface area contributed by atoms with Crippen molar-refractivity contribution >= 4 is 11.6 Å². The van der Waals surface area contributed by atoms with E-state index in [9.17, 15) is 4.79 Å². The minimum absolute atomic E-state index is 0.0671. The summed E-state index contributed by atoms with van der Waals surface area (Å²) in [6.45, 7) is 8.36. The van der Waals surface area contributed by atoms with Crippen molar-refractivity contribution in [2.45, 2.75) is 33.4 Å². The van der Waals surface area contributed by atoms with E-state index in [1.807, 2.05) is 20.8 Å². The molecule has 0 spiro atoms. The molecule has 0 aromatic rings. The fourth-order valence-electron chi connectivity index (χ4n) is 1.49. The minimum Gasteiger partial charge on any atom is -0.314 e. The zero-order chi connectivity index (χ0) is 8.65. The Morgan fingerprint density at radius 1 is 1.55 bits per heavy atom. The van der Waals surface area contributed by atoms with Gasteiger partial charge in [0, 0.05) is 6.54 Å². The summed E-state index contributed by atoms with van der Waals surface area (Å²) in [5, 5.41) is 0. The lowest BCUT2D eigenvalue weighted by atomic mass is 10.2. The van der Waals surface area contributed by atoms with Crippen LogP contribution in [0.15, 0.2) is 4.99 Å². The molecule has 3 nitrogen and oxygen atoms in total. The normalized spacial score (nSPS) is 22.4. The van der Waals surface area contributed by atoms with Crippen LogP contribution in [0.5, 0.6) is 0 Å². The second-order valence-electron chi connectivity index (χ2n) is 3.24. The van der Waals surface area contributed by atoms with Gasteiger partial charge in [-0.2, -0.15) is 0 Å². The number of hydrogen-bond donors (Lipinski definition) is 0. The van der Waals surface area contributed by atoms with E-state index in [1.54, 1.807) is 11.8 Å². The lowest BCUT2D eigenvalue weighted by Crippen LogP contribution is -2.42. The molecule has 1 heterocycles. The largest absolute Gasteiger partial charge is 0.314 e. The Morgan fingerprint density at radius 2 is 2.09 bits per heavy atom. The highest BCUT2D eigenvalue weighted by molar-refractivity contribution is 6.39. The van der Waals surface area contributed by atoms with Gasteiger partial charge in [-0.3, -0.25) is 9.79 Å². The van der Waals surface area contributed by atoms with Crippen LogP contribution in [0.1, 0.15) is 27.7 Å². The summed E-state index contributed by atoms with van der Waals surface area (Å²) in [5.74, 6) is 0.0671. The van der Waals surface area contributed by atoms with Gasteiger partial charge in [0.25, 0.3) is 5.91 Å².